The number of nitrogens with zero attached hydrogens (tertiary/aromatic N) is 2. The molecule has 0 atom stereocenters. The Kier molecular flexibility index (Phi) is 5.42. The zero-order chi connectivity index (χ0) is 20.6. The number of halogens is 1. The highest BCUT2D eigenvalue weighted by Crippen LogP contribution is 2.36. The first-order chi connectivity index (χ1) is 13.9. The smallest absolute Gasteiger partial charge is 0.325 e. The van der Waals surface area contributed by atoms with Gasteiger partial charge in [0.05, 0.1) is 0 Å². The van der Waals surface area contributed by atoms with E-state index in [0.29, 0.717) is 54.7 Å². The highest BCUT2D eigenvalue weighted by atomic mass is 35.5. The lowest BCUT2D eigenvalue weighted by Gasteiger charge is -2.39. The van der Waals surface area contributed by atoms with Crippen LogP contribution in [0.3, 0.4) is 0 Å². The number of nitrogens with two attached hydrogens (primary N) is 1. The molecule has 3 fully saturated rings. The minimum Gasteiger partial charge on any atom is -0.398 e. The Hall–Kier alpha value is -2.28. The lowest BCUT2D eigenvalue weighted by molar-refractivity contribution is -0.132. The van der Waals surface area contributed by atoms with E-state index in [1.54, 1.807) is 12.1 Å². The summed E-state index contributed by atoms with van der Waals surface area (Å²) in [5, 5.41) is 11.2. The van der Waals surface area contributed by atoms with E-state index in [0.717, 1.165) is 18.5 Å². The molecule has 4 rings (SSSR count). The molecule has 0 radical (unpaired) electrons. The highest BCUT2D eigenvalue weighted by Gasteiger charge is 2.52. The van der Waals surface area contributed by atoms with E-state index >= 15 is 0 Å². The van der Waals surface area contributed by atoms with Gasteiger partial charge in [0.15, 0.2) is 0 Å². The molecule has 2 saturated heterocycles. The van der Waals surface area contributed by atoms with E-state index in [-0.39, 0.29) is 11.9 Å². The van der Waals surface area contributed by atoms with Gasteiger partial charge in [-0.05, 0) is 43.7 Å². The van der Waals surface area contributed by atoms with E-state index in [1.165, 1.54) is 30.4 Å². The molecule has 8 heteroatoms. The molecule has 1 spiro atoms. The van der Waals surface area contributed by atoms with Gasteiger partial charge in [-0.25, -0.2) is 4.79 Å². The zero-order valence-corrected chi connectivity index (χ0v) is 17.3. The monoisotopic (exact) mass is 417 g/mol. The van der Waals surface area contributed by atoms with Crippen molar-refractivity contribution in [1.82, 2.24) is 10.2 Å². The predicted molar refractivity (Wildman–Crippen MR) is 115 cm³/mol. The van der Waals surface area contributed by atoms with Crippen LogP contribution in [-0.2, 0) is 4.79 Å². The number of imide groups is 1. The van der Waals surface area contributed by atoms with Gasteiger partial charge >= 0.3 is 6.03 Å². The Morgan fingerprint density at radius 3 is 2.55 bits per heavy atom. The number of hydrogen-bond donors (Lipinski definition) is 3. The molecule has 0 bridgehead atoms. The molecule has 4 N–H and O–H groups in total. The number of urea groups is 1. The maximum Gasteiger partial charge on any atom is 0.325 e. The number of carbonyl (C=O) groups is 2. The fraction of sp³-hybridized carbons (Fsp3) is 0.571. The van der Waals surface area contributed by atoms with Gasteiger partial charge < -0.3 is 21.4 Å². The second-order valence-electron chi connectivity index (χ2n) is 8.49. The van der Waals surface area contributed by atoms with Crippen LogP contribution >= 0.6 is 11.6 Å². The summed E-state index contributed by atoms with van der Waals surface area (Å²) in [6.45, 7) is 1.72. The first-order valence-corrected chi connectivity index (χ1v) is 10.8. The molecule has 0 unspecified atom stereocenters. The molecule has 3 aliphatic rings. The lowest BCUT2D eigenvalue weighted by Crippen LogP contribution is -2.55. The molecule has 1 saturated carbocycles. The summed E-state index contributed by atoms with van der Waals surface area (Å²) >= 11 is 6.17. The minimum atomic E-state index is -0.808. The first kappa shape index (κ1) is 20.0. The summed E-state index contributed by atoms with van der Waals surface area (Å²) < 4.78 is 0. The third-order valence-corrected chi connectivity index (χ3v) is 6.89. The summed E-state index contributed by atoms with van der Waals surface area (Å²) in [5.74, 6) is 0.351. The number of carbonyl (C=O) groups excluding carboxylic acids is 2. The maximum absolute atomic E-state index is 13.2. The standard InChI is InChI=1S/C21H28ClN5O2/c22-15-10-17(24)16(12-23)18(11-15)26-8-6-21(7-9-26)19(28)27(20(29)25-21)13-14-4-2-1-3-5-14/h10-12,14,23H,1-9,13,24H2,(H,25,29). The minimum absolute atomic E-state index is 0.0781. The van der Waals surface area contributed by atoms with Crippen LogP contribution in [0, 0.1) is 11.3 Å². The molecule has 29 heavy (non-hydrogen) atoms. The van der Waals surface area contributed by atoms with E-state index < -0.39 is 5.54 Å². The first-order valence-electron chi connectivity index (χ1n) is 10.4. The molecule has 156 valence electrons. The molecule has 1 aromatic rings. The summed E-state index contributed by atoms with van der Waals surface area (Å²) in [6, 6.07) is 3.20. The van der Waals surface area contributed by atoms with Crippen molar-refractivity contribution in [2.24, 2.45) is 5.92 Å². The fourth-order valence-electron chi connectivity index (χ4n) is 4.98. The zero-order valence-electron chi connectivity index (χ0n) is 16.5. The number of hydrogen-bond acceptors (Lipinski definition) is 5. The summed E-state index contributed by atoms with van der Waals surface area (Å²) in [6.07, 6.45) is 8.12. The van der Waals surface area contributed by atoms with Crippen molar-refractivity contribution >= 4 is 41.1 Å². The van der Waals surface area contributed by atoms with Gasteiger partial charge in [0.2, 0.25) is 0 Å². The largest absolute Gasteiger partial charge is 0.398 e. The van der Waals surface area contributed by atoms with E-state index in [2.05, 4.69) is 10.2 Å². The van der Waals surface area contributed by atoms with Gasteiger partial charge in [-0.2, -0.15) is 0 Å². The van der Waals surface area contributed by atoms with E-state index in [1.807, 2.05) is 0 Å². The number of anilines is 2. The van der Waals surface area contributed by atoms with E-state index in [9.17, 15) is 9.59 Å². The topological polar surface area (TPSA) is 103 Å². The summed E-state index contributed by atoms with van der Waals surface area (Å²) in [5.41, 5.74) is 7.11. The van der Waals surface area contributed by atoms with Gasteiger partial charge in [-0.15, -0.1) is 0 Å². The fourth-order valence-corrected chi connectivity index (χ4v) is 5.20. The Morgan fingerprint density at radius 1 is 1.21 bits per heavy atom. The number of benzene rings is 1. The second-order valence-corrected chi connectivity index (χ2v) is 8.93. The van der Waals surface area contributed by atoms with Crippen LogP contribution in [0.2, 0.25) is 5.02 Å². The van der Waals surface area contributed by atoms with Crippen LogP contribution in [0.25, 0.3) is 0 Å². The van der Waals surface area contributed by atoms with Crippen molar-refractivity contribution < 1.29 is 9.59 Å². The van der Waals surface area contributed by atoms with Crippen LogP contribution in [-0.4, -0.2) is 48.2 Å². The van der Waals surface area contributed by atoms with Crippen molar-refractivity contribution in [3.8, 4) is 0 Å². The molecular weight excluding hydrogens is 390 g/mol. The number of amides is 3. The second kappa shape index (κ2) is 7.86. The van der Waals surface area contributed by atoms with Crippen molar-refractivity contribution in [3.63, 3.8) is 0 Å². The molecule has 2 heterocycles. The predicted octanol–water partition coefficient (Wildman–Crippen LogP) is 3.39. The van der Waals surface area contributed by atoms with Crippen LogP contribution < -0.4 is 16.0 Å². The van der Waals surface area contributed by atoms with Crippen LogP contribution in [0.1, 0.15) is 50.5 Å². The van der Waals surface area contributed by atoms with Crippen LogP contribution in [0.5, 0.6) is 0 Å². The molecule has 0 aromatic heterocycles. The number of rotatable bonds is 4. The quantitative estimate of drug-likeness (QED) is 0.397. The van der Waals surface area contributed by atoms with Crippen molar-refractivity contribution in [2.45, 2.75) is 50.5 Å². The van der Waals surface area contributed by atoms with Gasteiger partial charge in [0.25, 0.3) is 5.91 Å². The average molecular weight is 418 g/mol. The van der Waals surface area contributed by atoms with Gasteiger partial charge in [-0.1, -0.05) is 30.9 Å². The molecule has 1 aliphatic carbocycles. The van der Waals surface area contributed by atoms with Gasteiger partial charge in [0, 0.05) is 47.8 Å². The molecule has 1 aromatic carbocycles. The van der Waals surface area contributed by atoms with Crippen molar-refractivity contribution in [2.75, 3.05) is 30.3 Å². The Balaban J connectivity index is 1.47. The molecule has 2 aliphatic heterocycles. The Morgan fingerprint density at radius 2 is 1.90 bits per heavy atom. The van der Waals surface area contributed by atoms with E-state index in [4.69, 9.17) is 22.7 Å². The Labute approximate surface area is 176 Å². The summed E-state index contributed by atoms with van der Waals surface area (Å²) in [7, 11) is 0. The average Bonchev–Trinajstić information content (AvgIpc) is 2.93. The number of piperidine rings is 1. The SMILES string of the molecule is N=Cc1c(N)cc(Cl)cc1N1CCC2(CC1)NC(=O)N(CC1CCCCC1)C2=O. The molecule has 7 nitrogen and oxygen atoms in total. The summed E-state index contributed by atoms with van der Waals surface area (Å²) in [4.78, 5) is 29.3. The normalized spacial score (nSPS) is 22.2. The Bertz CT molecular complexity index is 829. The van der Waals surface area contributed by atoms with Crippen LogP contribution in [0.15, 0.2) is 12.1 Å². The van der Waals surface area contributed by atoms with Gasteiger partial charge in [-0.3, -0.25) is 9.69 Å². The third-order valence-electron chi connectivity index (χ3n) is 6.67. The highest BCUT2D eigenvalue weighted by molar-refractivity contribution is 6.31. The number of nitrogen functional groups attached to an aromatic ring is 1. The van der Waals surface area contributed by atoms with Gasteiger partial charge in [0.1, 0.15) is 5.54 Å². The number of nitrogens with one attached hydrogen (secondary N) is 2. The van der Waals surface area contributed by atoms with Crippen molar-refractivity contribution in [3.05, 3.63) is 22.7 Å². The van der Waals surface area contributed by atoms with Crippen LogP contribution in [0.4, 0.5) is 16.2 Å². The molecule has 3 amide bonds. The third kappa shape index (κ3) is 3.68. The molecular formula is C21H28ClN5O2. The van der Waals surface area contributed by atoms with Crippen molar-refractivity contribution in [1.29, 1.82) is 5.41 Å². The maximum atomic E-state index is 13.2. The lowest BCUT2D eigenvalue weighted by atomic mass is 9.86.